The van der Waals surface area contributed by atoms with E-state index >= 15 is 4.79 Å². The molecule has 2 aliphatic heterocycles. The number of thiazole rings is 1. The largest absolute Gasteiger partial charge is 0.497 e. The molecule has 1 fully saturated rings. The number of anilines is 1. The number of esters is 1. The van der Waals surface area contributed by atoms with Crippen LogP contribution in [0.25, 0.3) is 11.6 Å². The van der Waals surface area contributed by atoms with Crippen molar-refractivity contribution in [1.82, 2.24) is 35.4 Å². The number of methoxy groups -OCH3 is 3. The van der Waals surface area contributed by atoms with E-state index in [-0.39, 0.29) is 54.4 Å². The minimum Gasteiger partial charge on any atom is -0.497 e. The molecule has 2 atom stereocenters. The van der Waals surface area contributed by atoms with Gasteiger partial charge in [-0.1, -0.05) is 133 Å². The van der Waals surface area contributed by atoms with Gasteiger partial charge < -0.3 is 48.3 Å². The van der Waals surface area contributed by atoms with Gasteiger partial charge in [-0.05, 0) is 87.5 Å². The van der Waals surface area contributed by atoms with Crippen LogP contribution in [-0.2, 0) is 55.9 Å². The summed E-state index contributed by atoms with van der Waals surface area (Å²) in [5.41, 5.74) is 5.29. The van der Waals surface area contributed by atoms with Gasteiger partial charge >= 0.3 is 5.97 Å². The molecule has 0 aliphatic carbocycles. The molecule has 0 spiro atoms. The van der Waals surface area contributed by atoms with Crippen molar-refractivity contribution in [2.75, 3.05) is 38.2 Å². The molecule has 0 bridgehead atoms. The van der Waals surface area contributed by atoms with Crippen molar-refractivity contribution < 1.29 is 52.1 Å². The SMILES string of the molecule is COc1ccc(COC(=O)C2=C(CSc3ccncc3)CS[C@@H]3[C@H](NC(=O)/C(=N\OCc4nnc(-c5cc(OCc6ccc(OC)cc6)c(OCc6ccc(OC)cc6)cn5)o4)c4csc(NC(c5ccccc5)(c5ccccc5)c5ccccc5)n4)C(=O)N23)cc1. The Labute approximate surface area is 542 Å². The second-order valence-corrected chi connectivity index (χ2v) is 23.7. The average molecular weight is 1290 g/mol. The number of nitrogens with zero attached hydrogens (tertiary/aromatic N) is 7. The fraction of sp³-hybridized carbons (Fsp3) is 0.174. The molecular formula is C69H59N9O11S3. The summed E-state index contributed by atoms with van der Waals surface area (Å²) in [6.45, 7) is -0.0499. The van der Waals surface area contributed by atoms with E-state index in [2.05, 4.69) is 36.0 Å². The van der Waals surface area contributed by atoms with Gasteiger partial charge in [0, 0.05) is 40.2 Å². The number of nitrogens with one attached hydrogen (secondary N) is 2. The van der Waals surface area contributed by atoms with E-state index in [9.17, 15) is 9.59 Å². The molecule has 0 unspecified atom stereocenters. The number of pyridine rings is 2. The predicted molar refractivity (Wildman–Crippen MR) is 348 cm³/mol. The summed E-state index contributed by atoms with van der Waals surface area (Å²) in [7, 11) is 4.79. The van der Waals surface area contributed by atoms with Gasteiger partial charge in [-0.15, -0.1) is 45.1 Å². The molecule has 6 aromatic carbocycles. The smallest absolute Gasteiger partial charge is 0.355 e. The fourth-order valence-corrected chi connectivity index (χ4v) is 13.3. The summed E-state index contributed by atoms with van der Waals surface area (Å²) < 4.78 is 40.6. The predicted octanol–water partition coefficient (Wildman–Crippen LogP) is 11.7. The van der Waals surface area contributed by atoms with E-state index in [1.54, 1.807) is 69.4 Å². The van der Waals surface area contributed by atoms with E-state index < -0.39 is 41.3 Å². The Morgan fingerprint density at radius 1 is 0.696 bits per heavy atom. The average Bonchev–Trinajstić information content (AvgIpc) is 0.923. The number of β-lactam (4-membered cyclic amide) rings is 1. The van der Waals surface area contributed by atoms with Crippen LogP contribution in [0.4, 0.5) is 5.13 Å². The maximum absolute atomic E-state index is 15.0. The van der Waals surface area contributed by atoms with E-state index in [4.69, 9.17) is 42.7 Å². The zero-order valence-corrected chi connectivity index (χ0v) is 52.3. The van der Waals surface area contributed by atoms with Crippen molar-refractivity contribution in [3.05, 3.63) is 262 Å². The van der Waals surface area contributed by atoms with Crippen LogP contribution < -0.4 is 34.3 Å². The minimum atomic E-state index is -1.09. The van der Waals surface area contributed by atoms with Crippen LogP contribution in [0.5, 0.6) is 28.7 Å². The first-order valence-electron chi connectivity index (χ1n) is 28.9. The lowest BCUT2D eigenvalue weighted by Gasteiger charge is -2.49. The number of thioether (sulfide) groups is 2. The number of amides is 2. The highest BCUT2D eigenvalue weighted by Gasteiger charge is 2.55. The van der Waals surface area contributed by atoms with Crippen molar-refractivity contribution in [2.24, 2.45) is 5.16 Å². The molecule has 4 aromatic heterocycles. The van der Waals surface area contributed by atoms with Crippen molar-refractivity contribution in [3.8, 4) is 40.3 Å². The minimum absolute atomic E-state index is 0.00986. The van der Waals surface area contributed by atoms with Crippen LogP contribution in [0.15, 0.2) is 232 Å². The van der Waals surface area contributed by atoms with E-state index in [0.717, 1.165) is 44.0 Å². The summed E-state index contributed by atoms with van der Waals surface area (Å²) in [5, 5.41) is 21.0. The van der Waals surface area contributed by atoms with Gasteiger partial charge in [0.05, 0.1) is 27.5 Å². The Hall–Kier alpha value is -10.5. The van der Waals surface area contributed by atoms with Gasteiger partial charge in [0.2, 0.25) is 0 Å². The van der Waals surface area contributed by atoms with Gasteiger partial charge in [0.25, 0.3) is 23.6 Å². The summed E-state index contributed by atoms with van der Waals surface area (Å²) >= 11 is 4.17. The standard InChI is InChI=1S/C69H59N9O11S3/c1-82-51-25-19-44(20-26-51)37-85-57-35-55(71-36-58(57)86-38-45-21-27-52(83-2)28-22-45)64-76-75-59(89-64)40-88-77-60(56-43-92-68(72-56)74-69(48-13-7-4-8-14-48,49-15-9-5-10-16-49)50-17-11-6-12-18-50)63(79)73-61-65(80)78-62(67(81)87-39-46-23-29-53(84-3)30-24-46)47(42-91-66(61)78)41-90-54-31-33-70-34-32-54/h4-36,43,61,66H,37-42H2,1-3H3,(H,72,74)(H,73,79)/b77-60-/t61-,66-/m1/s1. The molecule has 1 saturated heterocycles. The van der Waals surface area contributed by atoms with Crippen LogP contribution >= 0.6 is 34.9 Å². The fourth-order valence-electron chi connectivity index (χ4n) is 10.2. The number of hydrogen-bond acceptors (Lipinski definition) is 21. The second-order valence-electron chi connectivity index (χ2n) is 20.7. The van der Waals surface area contributed by atoms with Crippen LogP contribution in [0, 0.1) is 0 Å². The Morgan fingerprint density at radius 3 is 1.84 bits per heavy atom. The normalized spacial score (nSPS) is 14.5. The van der Waals surface area contributed by atoms with Crippen molar-refractivity contribution >= 4 is 63.5 Å². The van der Waals surface area contributed by atoms with Gasteiger partial charge in [-0.25, -0.2) is 14.8 Å². The van der Waals surface area contributed by atoms with Crippen LogP contribution in [-0.4, -0.2) is 97.8 Å². The summed E-state index contributed by atoms with van der Waals surface area (Å²) in [4.78, 5) is 65.9. The quantitative estimate of drug-likeness (QED) is 0.0122. The van der Waals surface area contributed by atoms with Gasteiger partial charge in [0.1, 0.15) is 71.1 Å². The molecule has 20 nitrogen and oxygen atoms in total. The molecule has 10 aromatic rings. The van der Waals surface area contributed by atoms with E-state index in [1.165, 1.54) is 46.0 Å². The van der Waals surface area contributed by atoms with Crippen molar-refractivity contribution in [3.63, 3.8) is 0 Å². The van der Waals surface area contributed by atoms with E-state index in [1.807, 2.05) is 152 Å². The molecule has 2 aliphatic rings. The van der Waals surface area contributed by atoms with Gasteiger partial charge in [-0.3, -0.25) is 19.5 Å². The molecule has 92 heavy (non-hydrogen) atoms. The first-order chi connectivity index (χ1) is 45.2. The molecule has 23 heteroatoms. The van der Waals surface area contributed by atoms with Crippen LogP contribution in [0.3, 0.4) is 0 Å². The second kappa shape index (κ2) is 29.0. The number of aromatic nitrogens is 5. The number of oxime groups is 1. The number of rotatable bonds is 27. The molecule has 2 amide bonds. The molecule has 6 heterocycles. The van der Waals surface area contributed by atoms with Crippen LogP contribution in [0.2, 0.25) is 0 Å². The number of carbonyl (C=O) groups is 3. The summed E-state index contributed by atoms with van der Waals surface area (Å²) in [6.07, 6.45) is 4.90. The molecule has 2 N–H and O–H groups in total. The number of carbonyl (C=O) groups excluding carboxylic acids is 3. The Bertz CT molecular complexity index is 4130. The molecule has 0 radical (unpaired) electrons. The monoisotopic (exact) mass is 1290 g/mol. The lowest BCUT2D eigenvalue weighted by atomic mass is 9.77. The molecule has 464 valence electrons. The number of benzene rings is 6. The maximum atomic E-state index is 15.0. The molecule has 0 saturated carbocycles. The zero-order chi connectivity index (χ0) is 63.2. The number of fused-ring (bicyclic) bond motifs is 1. The summed E-state index contributed by atoms with van der Waals surface area (Å²) in [5.74, 6) is 1.62. The molecule has 12 rings (SSSR count). The Kier molecular flexibility index (Phi) is 19.5. The highest BCUT2D eigenvalue weighted by Crippen LogP contribution is 2.44. The summed E-state index contributed by atoms with van der Waals surface area (Å²) in [6, 6.07) is 56.5. The first kappa shape index (κ1) is 61.7. The van der Waals surface area contributed by atoms with Crippen molar-refractivity contribution in [2.45, 2.75) is 48.3 Å². The lowest BCUT2D eigenvalue weighted by Crippen LogP contribution is -2.71. The molecular weight excluding hydrogens is 1230 g/mol. The number of hydrogen-bond donors (Lipinski definition) is 2. The van der Waals surface area contributed by atoms with Gasteiger partial charge in [-0.2, -0.15) is 0 Å². The first-order valence-corrected chi connectivity index (χ1v) is 31.8. The van der Waals surface area contributed by atoms with E-state index in [0.29, 0.717) is 45.2 Å². The third-order valence-corrected chi connectivity index (χ3v) is 18.2. The maximum Gasteiger partial charge on any atom is 0.355 e. The third-order valence-electron chi connectivity index (χ3n) is 15.0. The Morgan fingerprint density at radius 2 is 1.26 bits per heavy atom. The zero-order valence-electron chi connectivity index (χ0n) is 49.9. The topological polar surface area (TPSA) is 233 Å². The highest BCUT2D eigenvalue weighted by molar-refractivity contribution is 8.01. The number of ether oxygens (including phenoxy) is 6. The van der Waals surface area contributed by atoms with Crippen molar-refractivity contribution in [1.29, 1.82) is 0 Å². The van der Waals surface area contributed by atoms with Crippen LogP contribution in [0.1, 0.15) is 45.0 Å². The highest BCUT2D eigenvalue weighted by atomic mass is 32.2. The lowest BCUT2D eigenvalue weighted by molar-refractivity contribution is -0.153. The van der Waals surface area contributed by atoms with Gasteiger partial charge in [0.15, 0.2) is 28.9 Å². The Balaban J connectivity index is 0.825. The third kappa shape index (κ3) is 14.1.